The van der Waals surface area contributed by atoms with Crippen molar-refractivity contribution in [2.75, 3.05) is 19.8 Å². The van der Waals surface area contributed by atoms with Gasteiger partial charge in [0.25, 0.3) is 6.43 Å². The fourth-order valence-corrected chi connectivity index (χ4v) is 1.71. The molecule has 0 radical (unpaired) electrons. The maximum atomic E-state index is 11.7. The topological polar surface area (TPSA) is 34.1 Å². The third kappa shape index (κ3) is 5.15. The third-order valence-electron chi connectivity index (χ3n) is 1.82. The molecule has 1 atom stereocenters. The smallest absolute Gasteiger partial charge is 0.261 e. The second-order valence-electron chi connectivity index (χ2n) is 3.05. The maximum Gasteiger partial charge on any atom is 0.261 e. The van der Waals surface area contributed by atoms with Gasteiger partial charge >= 0.3 is 0 Å². The SMILES string of the molecule is CC(NCCOCC(F)F)c1cncs1. The van der Waals surface area contributed by atoms with Crippen molar-refractivity contribution in [2.45, 2.75) is 19.4 Å². The molecule has 86 valence electrons. The van der Waals surface area contributed by atoms with Crippen LogP contribution in [-0.2, 0) is 4.74 Å². The highest BCUT2D eigenvalue weighted by molar-refractivity contribution is 7.09. The summed E-state index contributed by atoms with van der Waals surface area (Å²) in [7, 11) is 0. The number of rotatable bonds is 7. The van der Waals surface area contributed by atoms with Crippen molar-refractivity contribution in [1.29, 1.82) is 0 Å². The molecule has 3 nitrogen and oxygen atoms in total. The number of halogens is 2. The minimum atomic E-state index is -2.39. The number of thiazole rings is 1. The molecule has 1 N–H and O–H groups in total. The van der Waals surface area contributed by atoms with E-state index in [-0.39, 0.29) is 6.04 Å². The highest BCUT2D eigenvalue weighted by Crippen LogP contribution is 2.15. The molecule has 1 aromatic rings. The first-order valence-electron chi connectivity index (χ1n) is 4.68. The molecule has 15 heavy (non-hydrogen) atoms. The molecular formula is C9H14F2N2OS. The van der Waals surface area contributed by atoms with E-state index in [2.05, 4.69) is 10.3 Å². The van der Waals surface area contributed by atoms with Gasteiger partial charge in [0.05, 0.1) is 12.1 Å². The fourth-order valence-electron chi connectivity index (χ4n) is 1.06. The molecule has 1 aromatic heterocycles. The van der Waals surface area contributed by atoms with Crippen molar-refractivity contribution < 1.29 is 13.5 Å². The van der Waals surface area contributed by atoms with Gasteiger partial charge in [-0.3, -0.25) is 4.98 Å². The molecule has 1 unspecified atom stereocenters. The molecule has 0 spiro atoms. The molecule has 0 saturated carbocycles. The van der Waals surface area contributed by atoms with Gasteiger partial charge in [-0.25, -0.2) is 8.78 Å². The fraction of sp³-hybridized carbons (Fsp3) is 0.667. The summed E-state index contributed by atoms with van der Waals surface area (Å²) in [6.45, 7) is 2.37. The van der Waals surface area contributed by atoms with Crippen LogP contribution < -0.4 is 5.32 Å². The van der Waals surface area contributed by atoms with Gasteiger partial charge in [0.2, 0.25) is 0 Å². The summed E-state index contributed by atoms with van der Waals surface area (Å²) in [5, 5.41) is 3.16. The number of hydrogen-bond acceptors (Lipinski definition) is 4. The Labute approximate surface area is 91.5 Å². The van der Waals surface area contributed by atoms with Crippen LogP contribution in [0.3, 0.4) is 0 Å². The number of ether oxygens (including phenoxy) is 1. The predicted octanol–water partition coefficient (Wildman–Crippen LogP) is 2.08. The van der Waals surface area contributed by atoms with Crippen LogP contribution in [0.2, 0.25) is 0 Å². The van der Waals surface area contributed by atoms with E-state index in [0.717, 1.165) is 4.88 Å². The van der Waals surface area contributed by atoms with Gasteiger partial charge in [-0.15, -0.1) is 11.3 Å². The molecule has 0 aliphatic heterocycles. The molecule has 0 aromatic carbocycles. The lowest BCUT2D eigenvalue weighted by molar-refractivity contribution is 0.0183. The largest absolute Gasteiger partial charge is 0.374 e. The number of nitrogens with one attached hydrogen (secondary N) is 1. The Morgan fingerprint density at radius 1 is 1.60 bits per heavy atom. The van der Waals surface area contributed by atoms with Crippen LogP contribution in [0.5, 0.6) is 0 Å². The van der Waals surface area contributed by atoms with Crippen molar-refractivity contribution in [3.05, 3.63) is 16.6 Å². The summed E-state index contributed by atoms with van der Waals surface area (Å²) < 4.78 is 28.1. The standard InChI is InChI=1S/C9H14F2N2OS/c1-7(8-4-12-6-15-8)13-2-3-14-5-9(10)11/h4,6-7,9,13H,2-3,5H2,1H3. The van der Waals surface area contributed by atoms with Crippen LogP contribution in [0.4, 0.5) is 8.78 Å². The molecule has 0 fully saturated rings. The van der Waals surface area contributed by atoms with Crippen molar-refractivity contribution in [1.82, 2.24) is 10.3 Å². The van der Waals surface area contributed by atoms with Crippen molar-refractivity contribution in [3.63, 3.8) is 0 Å². The summed E-state index contributed by atoms with van der Waals surface area (Å²) >= 11 is 1.57. The zero-order valence-corrected chi connectivity index (χ0v) is 9.27. The van der Waals surface area contributed by atoms with Gasteiger partial charge in [-0.1, -0.05) is 0 Å². The van der Waals surface area contributed by atoms with Gasteiger partial charge in [0, 0.05) is 23.7 Å². The Balaban J connectivity index is 2.05. The van der Waals surface area contributed by atoms with E-state index in [9.17, 15) is 8.78 Å². The molecule has 1 rings (SSSR count). The van der Waals surface area contributed by atoms with Crippen LogP contribution in [0, 0.1) is 0 Å². The third-order valence-corrected chi connectivity index (χ3v) is 2.78. The summed E-state index contributed by atoms with van der Waals surface area (Å²) in [5.74, 6) is 0. The lowest BCUT2D eigenvalue weighted by Gasteiger charge is -2.11. The summed E-state index contributed by atoms with van der Waals surface area (Å²) in [6.07, 6.45) is -0.591. The number of alkyl halides is 2. The van der Waals surface area contributed by atoms with E-state index in [1.54, 1.807) is 23.0 Å². The maximum absolute atomic E-state index is 11.7. The first-order chi connectivity index (χ1) is 7.20. The monoisotopic (exact) mass is 236 g/mol. The Kier molecular flexibility index (Phi) is 5.67. The second kappa shape index (κ2) is 6.81. The Bertz CT molecular complexity index is 257. The average molecular weight is 236 g/mol. The predicted molar refractivity (Wildman–Crippen MR) is 55.4 cm³/mol. The number of aromatic nitrogens is 1. The van der Waals surface area contributed by atoms with E-state index >= 15 is 0 Å². The van der Waals surface area contributed by atoms with Gasteiger partial charge in [-0.05, 0) is 6.92 Å². The van der Waals surface area contributed by atoms with Crippen molar-refractivity contribution >= 4 is 11.3 Å². The Morgan fingerprint density at radius 3 is 3.00 bits per heavy atom. The summed E-state index contributed by atoms with van der Waals surface area (Å²) in [5.41, 5.74) is 1.76. The summed E-state index contributed by atoms with van der Waals surface area (Å²) in [6, 6.07) is 0.188. The van der Waals surface area contributed by atoms with E-state index < -0.39 is 13.0 Å². The molecule has 0 bridgehead atoms. The lowest BCUT2D eigenvalue weighted by atomic mass is 10.3. The molecular weight excluding hydrogens is 222 g/mol. The molecule has 0 aliphatic carbocycles. The minimum Gasteiger partial charge on any atom is -0.374 e. The number of nitrogens with zero attached hydrogens (tertiary/aromatic N) is 1. The first-order valence-corrected chi connectivity index (χ1v) is 5.55. The Hall–Kier alpha value is -0.590. The zero-order valence-electron chi connectivity index (χ0n) is 8.45. The molecule has 0 aliphatic rings. The van der Waals surface area contributed by atoms with Gasteiger partial charge in [0.15, 0.2) is 0 Å². The second-order valence-corrected chi connectivity index (χ2v) is 3.96. The van der Waals surface area contributed by atoms with Gasteiger partial charge < -0.3 is 10.1 Å². The average Bonchev–Trinajstić information content (AvgIpc) is 2.69. The van der Waals surface area contributed by atoms with Crippen molar-refractivity contribution in [2.24, 2.45) is 0 Å². The Morgan fingerprint density at radius 2 is 2.40 bits per heavy atom. The van der Waals surface area contributed by atoms with E-state index in [1.165, 1.54) is 0 Å². The van der Waals surface area contributed by atoms with Crippen LogP contribution in [0.25, 0.3) is 0 Å². The van der Waals surface area contributed by atoms with Crippen LogP contribution >= 0.6 is 11.3 Å². The number of hydrogen-bond donors (Lipinski definition) is 1. The first kappa shape index (κ1) is 12.5. The van der Waals surface area contributed by atoms with Crippen molar-refractivity contribution in [3.8, 4) is 0 Å². The highest BCUT2D eigenvalue weighted by atomic mass is 32.1. The van der Waals surface area contributed by atoms with E-state index in [0.29, 0.717) is 13.2 Å². The normalized spacial score (nSPS) is 13.3. The van der Waals surface area contributed by atoms with Gasteiger partial charge in [0.1, 0.15) is 6.61 Å². The van der Waals surface area contributed by atoms with Crippen LogP contribution in [0.15, 0.2) is 11.7 Å². The molecule has 6 heteroatoms. The molecule has 0 saturated heterocycles. The summed E-state index contributed by atoms with van der Waals surface area (Å²) in [4.78, 5) is 5.09. The highest BCUT2D eigenvalue weighted by Gasteiger charge is 2.06. The molecule has 1 heterocycles. The minimum absolute atomic E-state index is 0.188. The molecule has 0 amide bonds. The van der Waals surface area contributed by atoms with Gasteiger partial charge in [-0.2, -0.15) is 0 Å². The van der Waals surface area contributed by atoms with Crippen LogP contribution in [-0.4, -0.2) is 31.2 Å². The zero-order chi connectivity index (χ0) is 11.1. The lowest BCUT2D eigenvalue weighted by Crippen LogP contribution is -2.23. The van der Waals surface area contributed by atoms with E-state index in [1.807, 2.05) is 6.92 Å². The van der Waals surface area contributed by atoms with E-state index in [4.69, 9.17) is 4.74 Å². The quantitative estimate of drug-likeness (QED) is 0.736. The van der Waals surface area contributed by atoms with Crippen LogP contribution in [0.1, 0.15) is 17.8 Å².